The van der Waals surface area contributed by atoms with Crippen LogP contribution in [0.2, 0.25) is 0 Å². The third-order valence-corrected chi connectivity index (χ3v) is 4.35. The summed E-state index contributed by atoms with van der Waals surface area (Å²) in [5, 5.41) is 2.25. The minimum absolute atomic E-state index is 0.567. The van der Waals surface area contributed by atoms with Crippen molar-refractivity contribution in [3.8, 4) is 28.5 Å². The maximum Gasteiger partial charge on any atom is 0.203 e. The van der Waals surface area contributed by atoms with Crippen LogP contribution < -0.4 is 14.2 Å². The Bertz CT molecular complexity index is 1040. The summed E-state index contributed by atoms with van der Waals surface area (Å²) < 4.78 is 16.4. The molecule has 0 bridgehead atoms. The van der Waals surface area contributed by atoms with Crippen molar-refractivity contribution in [1.29, 1.82) is 0 Å². The van der Waals surface area contributed by atoms with Crippen LogP contribution in [-0.2, 0) is 0 Å². The largest absolute Gasteiger partial charge is 0.493 e. The summed E-state index contributed by atoms with van der Waals surface area (Å²) in [4.78, 5) is 8.18. The van der Waals surface area contributed by atoms with E-state index in [1.54, 1.807) is 21.3 Å². The molecule has 0 saturated heterocycles. The van der Waals surface area contributed by atoms with Crippen molar-refractivity contribution >= 4 is 21.8 Å². The van der Waals surface area contributed by atoms with Crippen LogP contribution in [0.1, 0.15) is 0 Å². The molecule has 0 atom stereocenters. The van der Waals surface area contributed by atoms with Crippen molar-refractivity contribution in [1.82, 2.24) is 9.97 Å². The number of para-hydroxylation sites is 1. The van der Waals surface area contributed by atoms with Gasteiger partial charge in [-0.25, -0.2) is 4.98 Å². The lowest BCUT2D eigenvalue weighted by Crippen LogP contribution is -1.97. The third kappa shape index (κ3) is 2.36. The molecule has 2 heterocycles. The van der Waals surface area contributed by atoms with Crippen molar-refractivity contribution in [3.05, 3.63) is 48.7 Å². The van der Waals surface area contributed by atoms with E-state index in [0.717, 1.165) is 33.1 Å². The van der Waals surface area contributed by atoms with Gasteiger partial charge < -0.3 is 19.2 Å². The topological polar surface area (TPSA) is 56.4 Å². The predicted octanol–water partition coefficient (Wildman–Crippen LogP) is 4.41. The van der Waals surface area contributed by atoms with Gasteiger partial charge in [-0.15, -0.1) is 0 Å². The quantitative estimate of drug-likeness (QED) is 0.601. The molecule has 1 N–H and O–H groups in total. The first-order valence-corrected chi connectivity index (χ1v) is 7.93. The lowest BCUT2D eigenvalue weighted by atomic mass is 10.0. The number of pyridine rings is 1. The number of nitrogens with one attached hydrogen (secondary N) is 1. The first kappa shape index (κ1) is 15.3. The van der Waals surface area contributed by atoms with Gasteiger partial charge in [0.25, 0.3) is 0 Å². The molecule has 4 aromatic rings. The molecule has 4 rings (SSSR count). The average Bonchev–Trinajstić information content (AvgIpc) is 3.16. The maximum absolute atomic E-state index is 5.48. The van der Waals surface area contributed by atoms with Gasteiger partial charge in [0.2, 0.25) is 5.75 Å². The van der Waals surface area contributed by atoms with Gasteiger partial charge in [-0.05, 0) is 24.3 Å². The van der Waals surface area contributed by atoms with Gasteiger partial charge in [0, 0.05) is 22.5 Å². The van der Waals surface area contributed by atoms with E-state index in [2.05, 4.69) is 17.1 Å². The summed E-state index contributed by atoms with van der Waals surface area (Å²) >= 11 is 0. The van der Waals surface area contributed by atoms with E-state index < -0.39 is 0 Å². The maximum atomic E-state index is 5.48. The lowest BCUT2D eigenvalue weighted by molar-refractivity contribution is 0.324. The van der Waals surface area contributed by atoms with Crippen LogP contribution in [0.5, 0.6) is 17.2 Å². The van der Waals surface area contributed by atoms with Gasteiger partial charge in [0.05, 0.1) is 38.1 Å². The fourth-order valence-corrected chi connectivity index (χ4v) is 3.19. The number of ether oxygens (including phenoxy) is 3. The summed E-state index contributed by atoms with van der Waals surface area (Å²) in [5.74, 6) is 1.77. The zero-order valence-corrected chi connectivity index (χ0v) is 14.3. The van der Waals surface area contributed by atoms with Crippen LogP contribution in [0.4, 0.5) is 0 Å². The zero-order chi connectivity index (χ0) is 17.4. The number of methoxy groups -OCH3 is 3. The highest BCUT2D eigenvalue weighted by Gasteiger charge is 2.17. The van der Waals surface area contributed by atoms with Gasteiger partial charge in [-0.3, -0.25) is 0 Å². The highest BCUT2D eigenvalue weighted by atomic mass is 16.5. The highest BCUT2D eigenvalue weighted by Crippen LogP contribution is 2.42. The SMILES string of the molecule is COc1cc(-c2nc3ccccc3c3cc[nH]c23)cc(OC)c1OC. The smallest absolute Gasteiger partial charge is 0.203 e. The number of hydrogen-bond acceptors (Lipinski definition) is 4. The van der Waals surface area contributed by atoms with Gasteiger partial charge in [0.15, 0.2) is 11.5 Å². The van der Waals surface area contributed by atoms with Crippen LogP contribution in [0.15, 0.2) is 48.7 Å². The van der Waals surface area contributed by atoms with Crippen molar-refractivity contribution in [2.75, 3.05) is 21.3 Å². The Morgan fingerprint density at radius 1 is 0.840 bits per heavy atom. The summed E-state index contributed by atoms with van der Waals surface area (Å²) in [6.45, 7) is 0. The molecule has 0 fully saturated rings. The van der Waals surface area contributed by atoms with Crippen molar-refractivity contribution in [2.24, 2.45) is 0 Å². The Morgan fingerprint density at radius 2 is 1.56 bits per heavy atom. The van der Waals surface area contributed by atoms with Crippen LogP contribution in [0, 0.1) is 0 Å². The molecule has 0 aliphatic heterocycles. The van der Waals surface area contributed by atoms with E-state index in [4.69, 9.17) is 19.2 Å². The molecular formula is C20H18N2O3. The first-order valence-electron chi connectivity index (χ1n) is 7.93. The Hall–Kier alpha value is -3.21. The Kier molecular flexibility index (Phi) is 3.69. The molecule has 0 spiro atoms. The zero-order valence-electron chi connectivity index (χ0n) is 14.3. The Labute approximate surface area is 145 Å². The molecule has 0 aliphatic carbocycles. The van der Waals surface area contributed by atoms with E-state index in [0.29, 0.717) is 17.2 Å². The van der Waals surface area contributed by atoms with Crippen LogP contribution in [0.25, 0.3) is 33.1 Å². The second kappa shape index (κ2) is 6.02. The molecule has 0 saturated carbocycles. The monoisotopic (exact) mass is 334 g/mol. The van der Waals surface area contributed by atoms with Crippen LogP contribution in [0.3, 0.4) is 0 Å². The van der Waals surface area contributed by atoms with Crippen molar-refractivity contribution < 1.29 is 14.2 Å². The van der Waals surface area contributed by atoms with E-state index in [-0.39, 0.29) is 0 Å². The van der Waals surface area contributed by atoms with Crippen molar-refractivity contribution in [2.45, 2.75) is 0 Å². The fourth-order valence-electron chi connectivity index (χ4n) is 3.19. The number of H-pyrrole nitrogens is 1. The van der Waals surface area contributed by atoms with E-state index in [9.17, 15) is 0 Å². The lowest BCUT2D eigenvalue weighted by Gasteiger charge is -2.14. The third-order valence-electron chi connectivity index (χ3n) is 4.35. The molecule has 0 radical (unpaired) electrons. The number of aromatic nitrogens is 2. The minimum atomic E-state index is 0.567. The fraction of sp³-hybridized carbons (Fsp3) is 0.150. The normalized spacial score (nSPS) is 11.0. The van der Waals surface area contributed by atoms with E-state index >= 15 is 0 Å². The molecule has 2 aromatic heterocycles. The molecule has 5 nitrogen and oxygen atoms in total. The summed E-state index contributed by atoms with van der Waals surface area (Å²) in [5.41, 5.74) is 3.66. The molecule has 2 aromatic carbocycles. The first-order chi connectivity index (χ1) is 12.3. The molecule has 5 heteroatoms. The minimum Gasteiger partial charge on any atom is -0.493 e. The standard InChI is InChI=1S/C20H18N2O3/c1-23-16-10-12(11-17(24-2)20(16)25-3)18-19-14(8-9-21-19)13-6-4-5-7-15(13)22-18/h4-11,21H,1-3H3. The molecule has 0 aliphatic rings. The van der Waals surface area contributed by atoms with E-state index in [1.807, 2.05) is 36.5 Å². The summed E-state index contributed by atoms with van der Waals surface area (Å²) in [6.07, 6.45) is 1.93. The second-order valence-corrected chi connectivity index (χ2v) is 5.66. The van der Waals surface area contributed by atoms with Crippen LogP contribution >= 0.6 is 0 Å². The molecule has 25 heavy (non-hydrogen) atoms. The Balaban J connectivity index is 2.05. The molecule has 0 amide bonds. The Morgan fingerprint density at radius 3 is 2.24 bits per heavy atom. The number of aromatic amines is 1. The summed E-state index contributed by atoms with van der Waals surface area (Å²) in [7, 11) is 4.82. The number of benzene rings is 2. The summed E-state index contributed by atoms with van der Waals surface area (Å²) in [6, 6.07) is 14.0. The number of rotatable bonds is 4. The van der Waals surface area contributed by atoms with Gasteiger partial charge in [-0.1, -0.05) is 18.2 Å². The number of fused-ring (bicyclic) bond motifs is 3. The second-order valence-electron chi connectivity index (χ2n) is 5.66. The molecular weight excluding hydrogens is 316 g/mol. The van der Waals surface area contributed by atoms with Gasteiger partial charge in [-0.2, -0.15) is 0 Å². The highest BCUT2D eigenvalue weighted by molar-refractivity contribution is 6.09. The van der Waals surface area contributed by atoms with E-state index in [1.165, 1.54) is 0 Å². The number of hydrogen-bond donors (Lipinski definition) is 1. The van der Waals surface area contributed by atoms with Crippen molar-refractivity contribution in [3.63, 3.8) is 0 Å². The van der Waals surface area contributed by atoms with Crippen LogP contribution in [-0.4, -0.2) is 31.3 Å². The predicted molar refractivity (Wildman–Crippen MR) is 98.7 cm³/mol. The van der Waals surface area contributed by atoms with Gasteiger partial charge >= 0.3 is 0 Å². The number of nitrogens with zero attached hydrogens (tertiary/aromatic N) is 1. The molecule has 0 unspecified atom stereocenters. The van der Waals surface area contributed by atoms with Gasteiger partial charge in [0.1, 0.15) is 0 Å². The average molecular weight is 334 g/mol. The molecule has 126 valence electrons.